The fraction of sp³-hybridized carbons (Fsp3) is 0.500. The molecule has 0 aromatic heterocycles. The van der Waals surface area contributed by atoms with Gasteiger partial charge in [0.05, 0.1) is 12.5 Å². The number of nitrogens with one attached hydrogen (secondary N) is 1. The quantitative estimate of drug-likeness (QED) is 0.913. The van der Waals surface area contributed by atoms with Crippen LogP contribution in [0.2, 0.25) is 0 Å². The molecular weight excluding hydrogens is 268 g/mol. The van der Waals surface area contributed by atoms with Crippen LogP contribution in [0.25, 0.3) is 0 Å². The molecule has 1 aromatic rings. The Morgan fingerprint density at radius 3 is 3.05 bits per heavy atom. The molecule has 0 bridgehead atoms. The Labute approximate surface area is 124 Å². The molecule has 0 aliphatic carbocycles. The van der Waals surface area contributed by atoms with Crippen LogP contribution in [0.1, 0.15) is 35.7 Å². The van der Waals surface area contributed by atoms with Crippen LogP contribution in [-0.4, -0.2) is 37.6 Å². The van der Waals surface area contributed by atoms with Gasteiger partial charge in [0.1, 0.15) is 0 Å². The summed E-state index contributed by atoms with van der Waals surface area (Å²) in [6, 6.07) is 5.48. The van der Waals surface area contributed by atoms with Gasteiger partial charge in [-0.1, -0.05) is 0 Å². The van der Waals surface area contributed by atoms with Crippen LogP contribution in [0.3, 0.4) is 0 Å². The predicted molar refractivity (Wildman–Crippen MR) is 79.5 cm³/mol. The van der Waals surface area contributed by atoms with Crippen molar-refractivity contribution in [3.05, 3.63) is 29.3 Å². The lowest BCUT2D eigenvalue weighted by molar-refractivity contribution is -0.117. The van der Waals surface area contributed by atoms with Gasteiger partial charge < -0.3 is 15.0 Å². The summed E-state index contributed by atoms with van der Waals surface area (Å²) in [7, 11) is 0. The van der Waals surface area contributed by atoms with Crippen LogP contribution < -0.4 is 10.2 Å². The molecule has 2 aliphatic heterocycles. The first-order chi connectivity index (χ1) is 10.2. The SMILES string of the molecule is CCN1C(=O)Cc2cc(C(=O)NC[C@@H]3CCCO3)ccc21. The topological polar surface area (TPSA) is 58.6 Å². The third kappa shape index (κ3) is 2.78. The highest BCUT2D eigenvalue weighted by molar-refractivity contribution is 6.03. The molecule has 5 heteroatoms. The first kappa shape index (κ1) is 14.1. The van der Waals surface area contributed by atoms with E-state index < -0.39 is 0 Å². The second-order valence-electron chi connectivity index (χ2n) is 5.50. The van der Waals surface area contributed by atoms with Crippen molar-refractivity contribution in [3.8, 4) is 0 Å². The Balaban J connectivity index is 1.68. The van der Waals surface area contributed by atoms with E-state index in [1.807, 2.05) is 19.1 Å². The van der Waals surface area contributed by atoms with Crippen molar-refractivity contribution in [3.63, 3.8) is 0 Å². The van der Waals surface area contributed by atoms with Gasteiger partial charge in [0.15, 0.2) is 0 Å². The number of amides is 2. The third-order valence-corrected chi connectivity index (χ3v) is 4.11. The van der Waals surface area contributed by atoms with E-state index in [0.29, 0.717) is 25.1 Å². The molecule has 5 nitrogen and oxygen atoms in total. The summed E-state index contributed by atoms with van der Waals surface area (Å²) < 4.78 is 5.49. The van der Waals surface area contributed by atoms with Gasteiger partial charge >= 0.3 is 0 Å². The molecule has 112 valence electrons. The molecule has 1 aromatic carbocycles. The van der Waals surface area contributed by atoms with E-state index in [0.717, 1.165) is 30.7 Å². The van der Waals surface area contributed by atoms with Crippen molar-refractivity contribution < 1.29 is 14.3 Å². The Morgan fingerprint density at radius 1 is 1.48 bits per heavy atom. The molecule has 2 heterocycles. The van der Waals surface area contributed by atoms with Crippen molar-refractivity contribution in [2.45, 2.75) is 32.3 Å². The lowest BCUT2D eigenvalue weighted by Gasteiger charge is -2.15. The van der Waals surface area contributed by atoms with Crippen molar-refractivity contribution in [2.75, 3.05) is 24.6 Å². The molecule has 1 fully saturated rings. The molecule has 3 rings (SSSR count). The maximum atomic E-state index is 12.2. The molecular formula is C16H20N2O3. The highest BCUT2D eigenvalue weighted by Gasteiger charge is 2.26. The highest BCUT2D eigenvalue weighted by Crippen LogP contribution is 2.29. The fourth-order valence-corrected chi connectivity index (χ4v) is 2.98. The monoisotopic (exact) mass is 288 g/mol. The van der Waals surface area contributed by atoms with Crippen molar-refractivity contribution in [2.24, 2.45) is 0 Å². The molecule has 0 unspecified atom stereocenters. The van der Waals surface area contributed by atoms with Gasteiger partial charge in [0.2, 0.25) is 5.91 Å². The number of ether oxygens (including phenoxy) is 1. The molecule has 0 radical (unpaired) electrons. The zero-order valence-electron chi connectivity index (χ0n) is 12.2. The number of hydrogen-bond donors (Lipinski definition) is 1. The number of carbonyl (C=O) groups excluding carboxylic acids is 2. The van der Waals surface area contributed by atoms with Gasteiger partial charge in [-0.15, -0.1) is 0 Å². The van der Waals surface area contributed by atoms with Crippen molar-refractivity contribution >= 4 is 17.5 Å². The Bertz CT molecular complexity index is 565. The second-order valence-corrected chi connectivity index (χ2v) is 5.50. The maximum absolute atomic E-state index is 12.2. The molecule has 0 saturated carbocycles. The van der Waals surface area contributed by atoms with E-state index in [1.165, 1.54) is 0 Å². The van der Waals surface area contributed by atoms with E-state index in [-0.39, 0.29) is 17.9 Å². The molecule has 1 atom stereocenters. The second kappa shape index (κ2) is 5.85. The zero-order valence-corrected chi connectivity index (χ0v) is 12.2. The standard InChI is InChI=1S/C16H20N2O3/c1-2-18-14-6-5-11(8-12(14)9-15(18)19)16(20)17-10-13-4-3-7-21-13/h5-6,8,13H,2-4,7,9-10H2,1H3,(H,17,20)/t13-/m0/s1. The fourth-order valence-electron chi connectivity index (χ4n) is 2.98. The van der Waals surface area contributed by atoms with Gasteiger partial charge in [-0.25, -0.2) is 0 Å². The maximum Gasteiger partial charge on any atom is 0.251 e. The molecule has 1 saturated heterocycles. The van der Waals surface area contributed by atoms with E-state index in [1.54, 1.807) is 11.0 Å². The van der Waals surface area contributed by atoms with Gasteiger partial charge in [-0.05, 0) is 43.5 Å². The summed E-state index contributed by atoms with van der Waals surface area (Å²) in [5.41, 5.74) is 2.47. The van der Waals surface area contributed by atoms with Gasteiger partial charge in [0, 0.05) is 30.9 Å². The molecule has 2 aliphatic rings. The first-order valence-electron chi connectivity index (χ1n) is 7.52. The Kier molecular flexibility index (Phi) is 3.92. The van der Waals surface area contributed by atoms with Crippen LogP contribution in [-0.2, 0) is 16.0 Å². The van der Waals surface area contributed by atoms with E-state index in [4.69, 9.17) is 4.74 Å². The zero-order chi connectivity index (χ0) is 14.8. The minimum atomic E-state index is -0.101. The van der Waals surface area contributed by atoms with Crippen molar-refractivity contribution in [1.29, 1.82) is 0 Å². The van der Waals surface area contributed by atoms with Crippen LogP contribution in [0.5, 0.6) is 0 Å². The number of nitrogens with zero attached hydrogens (tertiary/aromatic N) is 1. The lowest BCUT2D eigenvalue weighted by atomic mass is 10.1. The number of fused-ring (bicyclic) bond motifs is 1. The summed E-state index contributed by atoms with van der Waals surface area (Å²) in [4.78, 5) is 25.8. The summed E-state index contributed by atoms with van der Waals surface area (Å²) in [6.45, 7) is 3.95. The van der Waals surface area contributed by atoms with Crippen molar-refractivity contribution in [1.82, 2.24) is 5.32 Å². The van der Waals surface area contributed by atoms with Gasteiger partial charge in [-0.2, -0.15) is 0 Å². The van der Waals surface area contributed by atoms with E-state index in [9.17, 15) is 9.59 Å². The minimum absolute atomic E-state index is 0.101. The van der Waals surface area contributed by atoms with Crippen LogP contribution in [0.4, 0.5) is 5.69 Å². The number of hydrogen-bond acceptors (Lipinski definition) is 3. The average Bonchev–Trinajstić information content (AvgIpc) is 3.10. The highest BCUT2D eigenvalue weighted by atomic mass is 16.5. The molecule has 0 spiro atoms. The average molecular weight is 288 g/mol. The summed E-state index contributed by atoms with van der Waals surface area (Å²) >= 11 is 0. The van der Waals surface area contributed by atoms with E-state index in [2.05, 4.69) is 5.32 Å². The van der Waals surface area contributed by atoms with Gasteiger partial charge in [0.25, 0.3) is 5.91 Å². The number of benzene rings is 1. The summed E-state index contributed by atoms with van der Waals surface area (Å²) in [5.74, 6) is 0.000103. The normalized spacial score (nSPS) is 20.7. The molecule has 1 N–H and O–H groups in total. The number of likely N-dealkylation sites (N-methyl/N-ethyl adjacent to an activating group) is 1. The van der Waals surface area contributed by atoms with Crippen LogP contribution in [0.15, 0.2) is 18.2 Å². The molecule has 21 heavy (non-hydrogen) atoms. The van der Waals surface area contributed by atoms with Crippen LogP contribution >= 0.6 is 0 Å². The number of carbonyl (C=O) groups is 2. The lowest BCUT2D eigenvalue weighted by Crippen LogP contribution is -2.31. The summed E-state index contributed by atoms with van der Waals surface area (Å²) in [6.07, 6.45) is 2.59. The van der Waals surface area contributed by atoms with E-state index >= 15 is 0 Å². The Hall–Kier alpha value is -1.88. The Morgan fingerprint density at radius 2 is 2.33 bits per heavy atom. The third-order valence-electron chi connectivity index (χ3n) is 4.11. The summed E-state index contributed by atoms with van der Waals surface area (Å²) in [5, 5.41) is 2.91. The van der Waals surface area contributed by atoms with Crippen LogP contribution in [0, 0.1) is 0 Å². The first-order valence-corrected chi connectivity index (χ1v) is 7.52. The minimum Gasteiger partial charge on any atom is -0.376 e. The largest absolute Gasteiger partial charge is 0.376 e. The number of rotatable bonds is 4. The van der Waals surface area contributed by atoms with Gasteiger partial charge in [-0.3, -0.25) is 9.59 Å². The predicted octanol–water partition coefficient (Wildman–Crippen LogP) is 1.50. The smallest absolute Gasteiger partial charge is 0.251 e. The molecule has 2 amide bonds. The number of anilines is 1.